The molecule has 0 radical (unpaired) electrons. The van der Waals surface area contributed by atoms with Gasteiger partial charge in [0.05, 0.1) is 17.2 Å². The fourth-order valence-corrected chi connectivity index (χ4v) is 2.25. The van der Waals surface area contributed by atoms with Crippen LogP contribution in [0, 0.1) is 6.92 Å². The molecule has 0 fully saturated rings. The molecule has 1 heterocycles. The van der Waals surface area contributed by atoms with Crippen LogP contribution in [0.1, 0.15) is 22.2 Å². The van der Waals surface area contributed by atoms with E-state index in [9.17, 15) is 0 Å². The number of thiazole rings is 1. The molecule has 1 atom stereocenters. The molecular formula is C11H12N2S. The van der Waals surface area contributed by atoms with E-state index in [2.05, 4.69) is 4.98 Å². The lowest BCUT2D eigenvalue weighted by Crippen LogP contribution is -2.11. The first-order valence-electron chi connectivity index (χ1n) is 4.49. The highest BCUT2D eigenvalue weighted by Gasteiger charge is 2.12. The van der Waals surface area contributed by atoms with Gasteiger partial charge in [-0.25, -0.2) is 4.98 Å². The second-order valence-corrected chi connectivity index (χ2v) is 4.08. The van der Waals surface area contributed by atoms with E-state index in [1.807, 2.05) is 42.8 Å². The number of aromatic nitrogens is 1. The molecule has 0 aliphatic heterocycles. The first-order chi connectivity index (χ1) is 6.79. The van der Waals surface area contributed by atoms with Crippen LogP contribution in [0.5, 0.6) is 0 Å². The minimum Gasteiger partial charge on any atom is -0.320 e. The number of benzene rings is 1. The molecule has 2 N–H and O–H groups in total. The molecule has 2 rings (SSSR count). The van der Waals surface area contributed by atoms with Crippen molar-refractivity contribution >= 4 is 11.3 Å². The van der Waals surface area contributed by atoms with E-state index in [0.29, 0.717) is 0 Å². The summed E-state index contributed by atoms with van der Waals surface area (Å²) in [6.45, 7) is 1.99. The van der Waals surface area contributed by atoms with Crippen molar-refractivity contribution in [3.05, 3.63) is 52.0 Å². The highest BCUT2D eigenvalue weighted by molar-refractivity contribution is 7.09. The van der Waals surface area contributed by atoms with Gasteiger partial charge in [-0.1, -0.05) is 30.3 Å². The SMILES string of the molecule is Cc1ncsc1[C@@H](N)c1ccccc1. The van der Waals surface area contributed by atoms with Crippen molar-refractivity contribution in [2.45, 2.75) is 13.0 Å². The summed E-state index contributed by atoms with van der Waals surface area (Å²) in [6.07, 6.45) is 0. The third-order valence-corrected chi connectivity index (χ3v) is 3.24. The van der Waals surface area contributed by atoms with Gasteiger partial charge in [-0.15, -0.1) is 11.3 Å². The number of rotatable bonds is 2. The van der Waals surface area contributed by atoms with Crippen LogP contribution in [0.3, 0.4) is 0 Å². The van der Waals surface area contributed by atoms with Gasteiger partial charge in [-0.2, -0.15) is 0 Å². The Hall–Kier alpha value is -1.19. The molecule has 0 saturated heterocycles. The van der Waals surface area contributed by atoms with Crippen molar-refractivity contribution in [2.24, 2.45) is 5.73 Å². The van der Waals surface area contributed by atoms with Crippen LogP contribution < -0.4 is 5.73 Å². The zero-order valence-electron chi connectivity index (χ0n) is 7.97. The zero-order chi connectivity index (χ0) is 9.97. The fraction of sp³-hybridized carbons (Fsp3) is 0.182. The van der Waals surface area contributed by atoms with E-state index in [0.717, 1.165) is 16.1 Å². The maximum absolute atomic E-state index is 6.13. The fourth-order valence-electron chi connectivity index (χ4n) is 1.42. The normalized spacial score (nSPS) is 12.7. The summed E-state index contributed by atoms with van der Waals surface area (Å²) >= 11 is 1.62. The first-order valence-corrected chi connectivity index (χ1v) is 5.37. The smallest absolute Gasteiger partial charge is 0.0798 e. The summed E-state index contributed by atoms with van der Waals surface area (Å²) in [4.78, 5) is 5.35. The number of nitrogens with zero attached hydrogens (tertiary/aromatic N) is 1. The van der Waals surface area contributed by atoms with Crippen molar-refractivity contribution in [2.75, 3.05) is 0 Å². The molecule has 1 aromatic heterocycles. The zero-order valence-corrected chi connectivity index (χ0v) is 8.79. The predicted molar refractivity (Wildman–Crippen MR) is 59.3 cm³/mol. The molecule has 0 unspecified atom stereocenters. The molecule has 0 saturated carbocycles. The van der Waals surface area contributed by atoms with E-state index in [1.165, 1.54) is 0 Å². The second kappa shape index (κ2) is 3.90. The van der Waals surface area contributed by atoms with Crippen LogP contribution in [0.4, 0.5) is 0 Å². The lowest BCUT2D eigenvalue weighted by molar-refractivity contribution is 0.877. The molecule has 2 aromatic rings. The molecule has 0 spiro atoms. The molecule has 2 nitrogen and oxygen atoms in total. The molecular weight excluding hydrogens is 192 g/mol. The average Bonchev–Trinajstić information content (AvgIpc) is 2.65. The van der Waals surface area contributed by atoms with Gasteiger partial charge in [0.2, 0.25) is 0 Å². The topological polar surface area (TPSA) is 38.9 Å². The third-order valence-electron chi connectivity index (χ3n) is 2.22. The van der Waals surface area contributed by atoms with Crippen LogP contribution in [-0.4, -0.2) is 4.98 Å². The lowest BCUT2D eigenvalue weighted by Gasteiger charge is -2.10. The standard InChI is InChI=1S/C11H12N2S/c1-8-11(14-7-13-8)10(12)9-5-3-2-4-6-9/h2-7,10H,12H2,1H3/t10-/m0/s1. The minimum atomic E-state index is -0.0382. The van der Waals surface area contributed by atoms with Crippen LogP contribution in [0.25, 0.3) is 0 Å². The Morgan fingerprint density at radius 2 is 2.00 bits per heavy atom. The quantitative estimate of drug-likeness (QED) is 0.816. The van der Waals surface area contributed by atoms with Crippen LogP contribution in [0.15, 0.2) is 35.8 Å². The monoisotopic (exact) mass is 204 g/mol. The number of hydrogen-bond acceptors (Lipinski definition) is 3. The molecule has 72 valence electrons. The Kier molecular flexibility index (Phi) is 2.61. The van der Waals surface area contributed by atoms with Gasteiger partial charge in [-0.3, -0.25) is 0 Å². The molecule has 0 aliphatic carbocycles. The van der Waals surface area contributed by atoms with E-state index in [1.54, 1.807) is 11.3 Å². The highest BCUT2D eigenvalue weighted by Crippen LogP contribution is 2.25. The van der Waals surface area contributed by atoms with Crippen LogP contribution in [0.2, 0.25) is 0 Å². The van der Waals surface area contributed by atoms with Crippen molar-refractivity contribution < 1.29 is 0 Å². The summed E-state index contributed by atoms with van der Waals surface area (Å²) in [5, 5.41) is 0. The Bertz CT molecular complexity index is 408. The summed E-state index contributed by atoms with van der Waals surface area (Å²) in [5.74, 6) is 0. The summed E-state index contributed by atoms with van der Waals surface area (Å²) in [7, 11) is 0. The van der Waals surface area contributed by atoms with Gasteiger partial charge in [0.25, 0.3) is 0 Å². The third kappa shape index (κ3) is 1.69. The van der Waals surface area contributed by atoms with Gasteiger partial charge < -0.3 is 5.73 Å². The number of nitrogens with two attached hydrogens (primary N) is 1. The second-order valence-electron chi connectivity index (χ2n) is 3.19. The van der Waals surface area contributed by atoms with E-state index in [4.69, 9.17) is 5.73 Å². The summed E-state index contributed by atoms with van der Waals surface area (Å²) in [6, 6.07) is 10.1. The molecule has 3 heteroatoms. The van der Waals surface area contributed by atoms with Crippen LogP contribution >= 0.6 is 11.3 Å². The summed E-state index contributed by atoms with van der Waals surface area (Å²) in [5.41, 5.74) is 10.1. The van der Waals surface area contributed by atoms with Crippen molar-refractivity contribution in [1.82, 2.24) is 4.98 Å². The van der Waals surface area contributed by atoms with Crippen molar-refractivity contribution in [3.8, 4) is 0 Å². The first kappa shape index (κ1) is 9.37. The van der Waals surface area contributed by atoms with E-state index < -0.39 is 0 Å². The Balaban J connectivity index is 2.34. The van der Waals surface area contributed by atoms with Gasteiger partial charge in [-0.05, 0) is 12.5 Å². The largest absolute Gasteiger partial charge is 0.320 e. The average molecular weight is 204 g/mol. The van der Waals surface area contributed by atoms with Gasteiger partial charge in [0.15, 0.2) is 0 Å². The molecule has 14 heavy (non-hydrogen) atoms. The van der Waals surface area contributed by atoms with E-state index in [-0.39, 0.29) is 6.04 Å². The van der Waals surface area contributed by atoms with Gasteiger partial charge in [0, 0.05) is 4.88 Å². The summed E-state index contributed by atoms with van der Waals surface area (Å²) < 4.78 is 0. The van der Waals surface area contributed by atoms with Gasteiger partial charge >= 0.3 is 0 Å². The maximum Gasteiger partial charge on any atom is 0.0798 e. The molecule has 0 aliphatic rings. The van der Waals surface area contributed by atoms with Crippen molar-refractivity contribution in [1.29, 1.82) is 0 Å². The number of aryl methyl sites for hydroxylation is 1. The Morgan fingerprint density at radius 1 is 1.29 bits per heavy atom. The Labute approximate surface area is 87.4 Å². The molecule has 0 amide bonds. The maximum atomic E-state index is 6.13. The number of hydrogen-bond donors (Lipinski definition) is 1. The lowest BCUT2D eigenvalue weighted by atomic mass is 10.1. The van der Waals surface area contributed by atoms with E-state index >= 15 is 0 Å². The van der Waals surface area contributed by atoms with Gasteiger partial charge in [0.1, 0.15) is 0 Å². The molecule has 0 bridgehead atoms. The minimum absolute atomic E-state index is 0.0382. The Morgan fingerprint density at radius 3 is 2.57 bits per heavy atom. The predicted octanol–water partition coefficient (Wildman–Crippen LogP) is 2.50. The molecule has 1 aromatic carbocycles. The van der Waals surface area contributed by atoms with Crippen molar-refractivity contribution in [3.63, 3.8) is 0 Å². The highest BCUT2D eigenvalue weighted by atomic mass is 32.1. The van der Waals surface area contributed by atoms with Crippen LogP contribution in [-0.2, 0) is 0 Å².